The molecule has 122 valence electrons. The molecular formula is C19H30N2O. The van der Waals surface area contributed by atoms with Crippen molar-refractivity contribution in [3.05, 3.63) is 29.8 Å². The lowest BCUT2D eigenvalue weighted by Crippen LogP contribution is -2.35. The molecule has 0 amide bonds. The number of nitrogens with two attached hydrogens (primary N) is 1. The molecule has 3 unspecified atom stereocenters. The molecule has 22 heavy (non-hydrogen) atoms. The van der Waals surface area contributed by atoms with E-state index in [2.05, 4.69) is 25.7 Å². The van der Waals surface area contributed by atoms with Gasteiger partial charge in [0.15, 0.2) is 0 Å². The predicted molar refractivity (Wildman–Crippen MR) is 91.5 cm³/mol. The van der Waals surface area contributed by atoms with Crippen molar-refractivity contribution >= 4 is 5.69 Å². The highest BCUT2D eigenvalue weighted by molar-refractivity contribution is 5.39. The fraction of sp³-hybridized carbons (Fsp3) is 0.684. The SMILES string of the molecule is CC1(C)CC2CC(C)(CN2CCC(O)c2ccc(N)cc2)C1. The molecular weight excluding hydrogens is 272 g/mol. The van der Waals surface area contributed by atoms with Crippen LogP contribution in [-0.4, -0.2) is 29.1 Å². The smallest absolute Gasteiger partial charge is 0.0802 e. The van der Waals surface area contributed by atoms with E-state index in [1.807, 2.05) is 24.3 Å². The number of likely N-dealkylation sites (tertiary alicyclic amines) is 1. The third-order valence-corrected chi connectivity index (χ3v) is 5.53. The van der Waals surface area contributed by atoms with Crippen LogP contribution in [0.15, 0.2) is 24.3 Å². The first-order chi connectivity index (χ1) is 10.3. The van der Waals surface area contributed by atoms with Crippen LogP contribution >= 0.6 is 0 Å². The molecule has 3 atom stereocenters. The van der Waals surface area contributed by atoms with Gasteiger partial charge in [0.25, 0.3) is 0 Å². The number of nitrogens with zero attached hydrogens (tertiary/aromatic N) is 1. The van der Waals surface area contributed by atoms with Gasteiger partial charge in [0.1, 0.15) is 0 Å². The van der Waals surface area contributed by atoms with Crippen molar-refractivity contribution in [3.8, 4) is 0 Å². The normalized spacial score (nSPS) is 32.1. The Bertz CT molecular complexity index is 525. The Hall–Kier alpha value is -1.06. The number of fused-ring (bicyclic) bond motifs is 2. The summed E-state index contributed by atoms with van der Waals surface area (Å²) in [4.78, 5) is 2.62. The van der Waals surface area contributed by atoms with E-state index < -0.39 is 0 Å². The van der Waals surface area contributed by atoms with Gasteiger partial charge >= 0.3 is 0 Å². The number of nitrogen functional groups attached to an aromatic ring is 1. The molecule has 0 radical (unpaired) electrons. The van der Waals surface area contributed by atoms with Gasteiger partial charge < -0.3 is 10.8 Å². The van der Waals surface area contributed by atoms with Crippen molar-refractivity contribution in [2.24, 2.45) is 10.8 Å². The minimum absolute atomic E-state index is 0.387. The van der Waals surface area contributed by atoms with Gasteiger partial charge in [0.2, 0.25) is 0 Å². The van der Waals surface area contributed by atoms with Crippen molar-refractivity contribution in [1.29, 1.82) is 0 Å². The zero-order valence-electron chi connectivity index (χ0n) is 14.2. The average Bonchev–Trinajstić information content (AvgIpc) is 2.65. The number of aliphatic hydroxyl groups excluding tert-OH is 1. The minimum atomic E-state index is -0.387. The molecule has 0 spiro atoms. The number of rotatable bonds is 4. The van der Waals surface area contributed by atoms with Crippen molar-refractivity contribution in [3.63, 3.8) is 0 Å². The first kappa shape index (κ1) is 15.8. The topological polar surface area (TPSA) is 49.5 Å². The van der Waals surface area contributed by atoms with Crippen molar-refractivity contribution in [1.82, 2.24) is 4.90 Å². The summed E-state index contributed by atoms with van der Waals surface area (Å²) in [6, 6.07) is 8.31. The first-order valence-corrected chi connectivity index (χ1v) is 8.54. The van der Waals surface area contributed by atoms with E-state index in [-0.39, 0.29) is 6.10 Å². The summed E-state index contributed by atoms with van der Waals surface area (Å²) in [6.07, 6.45) is 4.36. The van der Waals surface area contributed by atoms with E-state index in [1.165, 1.54) is 25.8 Å². The molecule has 1 saturated carbocycles. The van der Waals surface area contributed by atoms with Crippen LogP contribution in [0.25, 0.3) is 0 Å². The molecule has 2 aliphatic rings. The van der Waals surface area contributed by atoms with Gasteiger partial charge in [-0.2, -0.15) is 0 Å². The second-order valence-corrected chi connectivity index (χ2v) is 8.66. The molecule has 1 heterocycles. The number of benzene rings is 1. The van der Waals surface area contributed by atoms with Gasteiger partial charge in [-0.25, -0.2) is 0 Å². The summed E-state index contributed by atoms with van der Waals surface area (Å²) in [5.74, 6) is 0. The van der Waals surface area contributed by atoms with E-state index in [0.29, 0.717) is 16.9 Å². The Morgan fingerprint density at radius 1 is 1.23 bits per heavy atom. The molecule has 3 nitrogen and oxygen atoms in total. The van der Waals surface area contributed by atoms with Crippen LogP contribution in [-0.2, 0) is 0 Å². The third kappa shape index (κ3) is 3.31. The van der Waals surface area contributed by atoms with Gasteiger partial charge in [0.05, 0.1) is 6.10 Å². The lowest BCUT2D eigenvalue weighted by Gasteiger charge is -2.40. The molecule has 3 rings (SSSR count). The van der Waals surface area contributed by atoms with Gasteiger partial charge in [-0.3, -0.25) is 4.90 Å². The van der Waals surface area contributed by atoms with Crippen LogP contribution in [0.1, 0.15) is 58.1 Å². The Morgan fingerprint density at radius 2 is 1.91 bits per heavy atom. The third-order valence-electron chi connectivity index (χ3n) is 5.53. The molecule has 3 heteroatoms. The van der Waals surface area contributed by atoms with Gasteiger partial charge in [-0.1, -0.05) is 32.9 Å². The van der Waals surface area contributed by atoms with Crippen molar-refractivity contribution in [2.45, 2.75) is 58.6 Å². The maximum atomic E-state index is 10.4. The van der Waals surface area contributed by atoms with E-state index >= 15 is 0 Å². The lowest BCUT2D eigenvalue weighted by atomic mass is 9.65. The van der Waals surface area contributed by atoms with Crippen LogP contribution in [0.3, 0.4) is 0 Å². The van der Waals surface area contributed by atoms with Gasteiger partial charge in [-0.05, 0) is 54.2 Å². The zero-order chi connectivity index (χ0) is 16.0. The fourth-order valence-corrected chi connectivity index (χ4v) is 5.01. The highest BCUT2D eigenvalue weighted by Crippen LogP contribution is 2.52. The van der Waals surface area contributed by atoms with Crippen LogP contribution in [0, 0.1) is 10.8 Å². The highest BCUT2D eigenvalue weighted by Gasteiger charge is 2.49. The van der Waals surface area contributed by atoms with E-state index in [0.717, 1.165) is 24.2 Å². The maximum absolute atomic E-state index is 10.4. The summed E-state index contributed by atoms with van der Waals surface area (Å²) in [6.45, 7) is 9.43. The quantitative estimate of drug-likeness (QED) is 0.836. The van der Waals surface area contributed by atoms with Crippen molar-refractivity contribution < 1.29 is 5.11 Å². The lowest BCUT2D eigenvalue weighted by molar-refractivity contribution is 0.116. The Kier molecular flexibility index (Phi) is 3.98. The molecule has 1 aromatic rings. The van der Waals surface area contributed by atoms with Crippen LogP contribution in [0.4, 0.5) is 5.69 Å². The Morgan fingerprint density at radius 3 is 2.59 bits per heavy atom. The largest absolute Gasteiger partial charge is 0.399 e. The van der Waals surface area contributed by atoms with Gasteiger partial charge in [-0.15, -0.1) is 0 Å². The van der Waals surface area contributed by atoms with Crippen molar-refractivity contribution in [2.75, 3.05) is 18.8 Å². The first-order valence-electron chi connectivity index (χ1n) is 8.54. The average molecular weight is 302 g/mol. The second-order valence-electron chi connectivity index (χ2n) is 8.66. The standard InChI is InChI=1S/C19H30N2O/c1-18(2)10-16-11-19(3,12-18)13-21(16)9-8-17(22)14-4-6-15(20)7-5-14/h4-7,16-17,22H,8-13,20H2,1-3H3. The van der Waals surface area contributed by atoms with Crippen LogP contribution in [0.5, 0.6) is 0 Å². The zero-order valence-corrected chi connectivity index (χ0v) is 14.2. The number of hydrogen-bond acceptors (Lipinski definition) is 3. The molecule has 0 aromatic heterocycles. The van der Waals surface area contributed by atoms with Gasteiger partial charge in [0, 0.05) is 24.8 Å². The van der Waals surface area contributed by atoms with Crippen LogP contribution < -0.4 is 5.73 Å². The van der Waals surface area contributed by atoms with E-state index in [1.54, 1.807) is 0 Å². The predicted octanol–water partition coefficient (Wildman–Crippen LogP) is 3.59. The summed E-state index contributed by atoms with van der Waals surface area (Å²) in [5.41, 5.74) is 8.36. The summed E-state index contributed by atoms with van der Waals surface area (Å²) in [7, 11) is 0. The molecule has 1 aromatic carbocycles. The summed E-state index contributed by atoms with van der Waals surface area (Å²) < 4.78 is 0. The number of hydrogen-bond donors (Lipinski definition) is 2. The van der Waals surface area contributed by atoms with E-state index in [4.69, 9.17) is 5.73 Å². The summed E-state index contributed by atoms with van der Waals surface area (Å²) in [5, 5.41) is 10.4. The van der Waals surface area contributed by atoms with E-state index in [9.17, 15) is 5.11 Å². The summed E-state index contributed by atoms with van der Waals surface area (Å²) >= 11 is 0. The number of anilines is 1. The highest BCUT2D eigenvalue weighted by atomic mass is 16.3. The molecule has 1 saturated heterocycles. The molecule has 2 fully saturated rings. The fourth-order valence-electron chi connectivity index (χ4n) is 5.01. The second kappa shape index (κ2) is 5.54. The van der Waals surface area contributed by atoms with Crippen LogP contribution in [0.2, 0.25) is 0 Å². The number of aliphatic hydroxyl groups is 1. The molecule has 3 N–H and O–H groups in total. The Balaban J connectivity index is 1.59. The monoisotopic (exact) mass is 302 g/mol. The Labute approximate surface area is 134 Å². The molecule has 1 aliphatic heterocycles. The molecule has 1 aliphatic carbocycles. The minimum Gasteiger partial charge on any atom is -0.399 e. The molecule has 2 bridgehead atoms. The maximum Gasteiger partial charge on any atom is 0.0802 e.